The minimum Gasteiger partial charge on any atom is -0.346 e. The number of rotatable bonds is 2. The molecule has 1 heterocycles. The summed E-state index contributed by atoms with van der Waals surface area (Å²) < 4.78 is 10.8. The van der Waals surface area contributed by atoms with Crippen LogP contribution >= 0.6 is 11.1 Å². The molecule has 1 saturated heterocycles. The highest BCUT2D eigenvalue weighted by Gasteiger charge is 2.22. The Morgan fingerprint density at radius 1 is 1.13 bits per heavy atom. The van der Waals surface area contributed by atoms with Gasteiger partial charge in [-0.2, -0.15) is 11.1 Å². The summed E-state index contributed by atoms with van der Waals surface area (Å²) in [7, 11) is -1.71. The lowest BCUT2D eigenvalue weighted by Gasteiger charge is -2.15. The molecule has 4 heteroatoms. The van der Waals surface area contributed by atoms with Crippen LogP contribution in [-0.2, 0) is 9.47 Å². The number of ether oxygens (including phenoxy) is 2. The van der Waals surface area contributed by atoms with E-state index in [9.17, 15) is 0 Å². The zero-order chi connectivity index (χ0) is 10.9. The Morgan fingerprint density at radius 3 is 2.13 bits per heavy atom. The van der Waals surface area contributed by atoms with Crippen molar-refractivity contribution >= 4 is 23.6 Å². The molecule has 0 atom stereocenters. The summed E-state index contributed by atoms with van der Waals surface area (Å²) in [6.45, 7) is 5.60. The third-order valence-corrected chi connectivity index (χ3v) is 4.85. The first kappa shape index (κ1) is 11.1. The monoisotopic (exact) mass is 242 g/mol. The highest BCUT2D eigenvalue weighted by atomic mass is 35.6. The van der Waals surface area contributed by atoms with Gasteiger partial charge in [0.1, 0.15) is 0 Å². The van der Waals surface area contributed by atoms with E-state index in [1.165, 1.54) is 5.19 Å². The van der Waals surface area contributed by atoms with E-state index in [-0.39, 0.29) is 6.29 Å². The van der Waals surface area contributed by atoms with Crippen molar-refractivity contribution in [3.05, 3.63) is 29.8 Å². The average molecular weight is 243 g/mol. The predicted octanol–water partition coefficient (Wildman–Crippen LogP) is 2.38. The van der Waals surface area contributed by atoms with Gasteiger partial charge < -0.3 is 9.47 Å². The third kappa shape index (κ3) is 2.61. The molecule has 1 aromatic carbocycles. The Labute approximate surface area is 95.9 Å². The Kier molecular flexibility index (Phi) is 3.16. The van der Waals surface area contributed by atoms with Gasteiger partial charge in [0.25, 0.3) is 0 Å². The second-order valence-electron chi connectivity index (χ2n) is 4.17. The highest BCUT2D eigenvalue weighted by molar-refractivity contribution is 7.26. The summed E-state index contributed by atoms with van der Waals surface area (Å²) in [5.41, 5.74) is 1.08. The number of halogens is 1. The van der Waals surface area contributed by atoms with Crippen molar-refractivity contribution in [1.29, 1.82) is 0 Å². The Morgan fingerprint density at radius 2 is 1.67 bits per heavy atom. The van der Waals surface area contributed by atoms with Crippen molar-refractivity contribution < 1.29 is 9.47 Å². The van der Waals surface area contributed by atoms with Crippen molar-refractivity contribution in [3.8, 4) is 0 Å². The Balaban J connectivity index is 2.16. The largest absolute Gasteiger partial charge is 0.346 e. The number of benzene rings is 1. The van der Waals surface area contributed by atoms with Crippen LogP contribution in [0.1, 0.15) is 11.9 Å². The maximum absolute atomic E-state index is 6.35. The summed E-state index contributed by atoms with van der Waals surface area (Å²) in [5.74, 6) is 0. The van der Waals surface area contributed by atoms with E-state index in [4.69, 9.17) is 20.6 Å². The SMILES string of the molecule is C[Si](C)(Cl)c1ccc(C2OCCO2)cc1. The lowest BCUT2D eigenvalue weighted by molar-refractivity contribution is -0.0441. The first-order chi connectivity index (χ1) is 7.07. The van der Waals surface area contributed by atoms with E-state index >= 15 is 0 Å². The van der Waals surface area contributed by atoms with Gasteiger partial charge >= 0.3 is 0 Å². The zero-order valence-electron chi connectivity index (χ0n) is 9.00. The average Bonchev–Trinajstić information content (AvgIpc) is 2.69. The van der Waals surface area contributed by atoms with Crippen LogP contribution in [0.4, 0.5) is 0 Å². The van der Waals surface area contributed by atoms with Crippen LogP contribution in [-0.4, -0.2) is 20.6 Å². The van der Waals surface area contributed by atoms with Gasteiger partial charge in [-0.1, -0.05) is 37.4 Å². The van der Waals surface area contributed by atoms with E-state index in [1.54, 1.807) is 0 Å². The topological polar surface area (TPSA) is 18.5 Å². The molecule has 0 spiro atoms. The van der Waals surface area contributed by atoms with Crippen LogP contribution in [0.2, 0.25) is 13.1 Å². The molecule has 0 aromatic heterocycles. The Bertz CT molecular complexity index is 325. The van der Waals surface area contributed by atoms with Gasteiger partial charge in [-0.05, 0) is 5.19 Å². The molecule has 0 radical (unpaired) electrons. The summed E-state index contributed by atoms with van der Waals surface area (Å²) >= 11 is 6.35. The van der Waals surface area contributed by atoms with Gasteiger partial charge in [-0.25, -0.2) is 0 Å². The molecule has 2 rings (SSSR count). The van der Waals surface area contributed by atoms with Crippen LogP contribution in [0.3, 0.4) is 0 Å². The van der Waals surface area contributed by atoms with E-state index in [1.807, 2.05) is 12.1 Å². The molecule has 0 amide bonds. The molecule has 0 bridgehead atoms. The fourth-order valence-electron chi connectivity index (χ4n) is 1.59. The van der Waals surface area contributed by atoms with E-state index < -0.39 is 7.38 Å². The molecule has 0 aliphatic carbocycles. The van der Waals surface area contributed by atoms with Gasteiger partial charge in [0, 0.05) is 5.56 Å². The first-order valence-electron chi connectivity index (χ1n) is 5.10. The molecular weight excluding hydrogens is 228 g/mol. The predicted molar refractivity (Wildman–Crippen MR) is 64.1 cm³/mol. The lowest BCUT2D eigenvalue weighted by Crippen LogP contribution is -2.34. The van der Waals surface area contributed by atoms with Crippen LogP contribution in [0.25, 0.3) is 0 Å². The molecule has 1 aliphatic rings. The quantitative estimate of drug-likeness (QED) is 0.586. The molecule has 15 heavy (non-hydrogen) atoms. The van der Waals surface area contributed by atoms with Crippen molar-refractivity contribution in [2.45, 2.75) is 19.4 Å². The molecule has 1 fully saturated rings. The standard InChI is InChI=1S/C11H15ClO2Si/c1-15(2,12)10-5-3-9(4-6-10)11-13-7-8-14-11/h3-6,11H,7-8H2,1-2H3. The van der Waals surface area contributed by atoms with E-state index in [0.29, 0.717) is 13.2 Å². The summed E-state index contributed by atoms with van der Waals surface area (Å²) in [6.07, 6.45) is -0.181. The van der Waals surface area contributed by atoms with Crippen LogP contribution in [0.15, 0.2) is 24.3 Å². The van der Waals surface area contributed by atoms with Gasteiger partial charge in [0.15, 0.2) is 13.7 Å². The van der Waals surface area contributed by atoms with Crippen LogP contribution < -0.4 is 5.19 Å². The fraction of sp³-hybridized carbons (Fsp3) is 0.455. The molecule has 1 aromatic rings. The van der Waals surface area contributed by atoms with Gasteiger partial charge in [0.05, 0.1) is 13.2 Å². The van der Waals surface area contributed by atoms with Gasteiger partial charge in [0.2, 0.25) is 0 Å². The van der Waals surface area contributed by atoms with Crippen LogP contribution in [0.5, 0.6) is 0 Å². The Hall–Kier alpha value is -0.353. The summed E-state index contributed by atoms with van der Waals surface area (Å²) in [4.78, 5) is 0. The molecule has 0 N–H and O–H groups in total. The minimum absolute atomic E-state index is 0.181. The maximum Gasteiger partial charge on any atom is 0.184 e. The summed E-state index contributed by atoms with van der Waals surface area (Å²) in [5, 5.41) is 1.24. The van der Waals surface area contributed by atoms with E-state index in [0.717, 1.165) is 5.56 Å². The molecule has 1 aliphatic heterocycles. The highest BCUT2D eigenvalue weighted by Crippen LogP contribution is 2.22. The number of hydrogen-bond acceptors (Lipinski definition) is 2. The molecule has 82 valence electrons. The maximum atomic E-state index is 6.35. The molecule has 0 unspecified atom stereocenters. The lowest BCUT2D eigenvalue weighted by atomic mass is 10.2. The van der Waals surface area contributed by atoms with Crippen molar-refractivity contribution in [1.82, 2.24) is 0 Å². The second kappa shape index (κ2) is 4.26. The van der Waals surface area contributed by atoms with Crippen LogP contribution in [0, 0.1) is 0 Å². The smallest absolute Gasteiger partial charge is 0.184 e. The van der Waals surface area contributed by atoms with E-state index in [2.05, 4.69) is 25.2 Å². The van der Waals surface area contributed by atoms with Crippen molar-refractivity contribution in [2.75, 3.05) is 13.2 Å². The van der Waals surface area contributed by atoms with Gasteiger partial charge in [-0.3, -0.25) is 0 Å². The minimum atomic E-state index is -1.71. The van der Waals surface area contributed by atoms with Crippen molar-refractivity contribution in [2.24, 2.45) is 0 Å². The first-order valence-corrected chi connectivity index (χ1v) is 9.11. The normalized spacial score (nSPS) is 18.3. The molecular formula is C11H15ClO2Si. The second-order valence-corrected chi connectivity index (χ2v) is 10.5. The number of hydrogen-bond donors (Lipinski definition) is 0. The van der Waals surface area contributed by atoms with Gasteiger partial charge in [-0.15, -0.1) is 0 Å². The fourth-order valence-corrected chi connectivity index (χ4v) is 2.92. The third-order valence-electron chi connectivity index (χ3n) is 2.49. The molecule has 0 saturated carbocycles. The summed E-state index contributed by atoms with van der Waals surface area (Å²) in [6, 6.07) is 8.25. The zero-order valence-corrected chi connectivity index (χ0v) is 10.8. The van der Waals surface area contributed by atoms with Crippen molar-refractivity contribution in [3.63, 3.8) is 0 Å². The molecule has 2 nitrogen and oxygen atoms in total.